The molecule has 1 aliphatic heterocycles. The Morgan fingerprint density at radius 1 is 1.16 bits per heavy atom. The van der Waals surface area contributed by atoms with Crippen LogP contribution in [0.5, 0.6) is 0 Å². The third-order valence-corrected chi connectivity index (χ3v) is 6.34. The van der Waals surface area contributed by atoms with Crippen molar-refractivity contribution < 1.29 is 13.2 Å². The number of nitrogens with two attached hydrogens (primary N) is 1. The van der Waals surface area contributed by atoms with Gasteiger partial charge in [0, 0.05) is 19.6 Å². The minimum Gasteiger partial charge on any atom is -0.368 e. The van der Waals surface area contributed by atoms with Gasteiger partial charge in [0.05, 0.1) is 0 Å². The molecule has 1 saturated carbocycles. The molecule has 0 aromatic rings. The largest absolute Gasteiger partial charge is 0.368 e. The van der Waals surface area contributed by atoms with E-state index in [4.69, 9.17) is 5.73 Å². The first-order valence-electron chi connectivity index (χ1n) is 6.98. The van der Waals surface area contributed by atoms with Crippen molar-refractivity contribution in [3.63, 3.8) is 0 Å². The van der Waals surface area contributed by atoms with E-state index in [9.17, 15) is 13.2 Å². The van der Waals surface area contributed by atoms with Crippen LogP contribution in [0.15, 0.2) is 0 Å². The highest BCUT2D eigenvalue weighted by atomic mass is 32.2. The fourth-order valence-corrected chi connectivity index (χ4v) is 4.91. The molecule has 2 rings (SSSR count). The molecule has 1 heterocycles. The van der Waals surface area contributed by atoms with Crippen molar-refractivity contribution in [1.82, 2.24) is 8.61 Å². The predicted molar refractivity (Wildman–Crippen MR) is 72.5 cm³/mol. The van der Waals surface area contributed by atoms with E-state index in [1.165, 1.54) is 15.0 Å². The highest BCUT2D eigenvalue weighted by molar-refractivity contribution is 7.86. The van der Waals surface area contributed by atoms with Gasteiger partial charge in [-0.1, -0.05) is 19.3 Å². The van der Waals surface area contributed by atoms with Crippen LogP contribution in [-0.2, 0) is 15.0 Å². The Kier molecular flexibility index (Phi) is 4.47. The van der Waals surface area contributed by atoms with Crippen LogP contribution in [0.25, 0.3) is 0 Å². The van der Waals surface area contributed by atoms with Crippen molar-refractivity contribution in [2.75, 3.05) is 13.6 Å². The van der Waals surface area contributed by atoms with Gasteiger partial charge in [0.2, 0.25) is 5.91 Å². The molecular formula is C12H23N3O3S. The van der Waals surface area contributed by atoms with Crippen LogP contribution in [0.4, 0.5) is 0 Å². The first-order valence-corrected chi connectivity index (χ1v) is 8.38. The van der Waals surface area contributed by atoms with E-state index in [2.05, 4.69) is 0 Å². The van der Waals surface area contributed by atoms with Gasteiger partial charge >= 0.3 is 0 Å². The minimum atomic E-state index is -3.57. The van der Waals surface area contributed by atoms with Crippen molar-refractivity contribution in [3.05, 3.63) is 0 Å². The van der Waals surface area contributed by atoms with Gasteiger partial charge in [0.15, 0.2) is 0 Å². The summed E-state index contributed by atoms with van der Waals surface area (Å²) in [5, 5.41) is 0. The summed E-state index contributed by atoms with van der Waals surface area (Å²) in [7, 11) is -1.94. The van der Waals surface area contributed by atoms with E-state index >= 15 is 0 Å². The quantitative estimate of drug-likeness (QED) is 0.815. The number of amides is 1. The van der Waals surface area contributed by atoms with Gasteiger partial charge in [-0.15, -0.1) is 0 Å². The maximum absolute atomic E-state index is 12.6. The number of carbonyl (C=O) groups is 1. The van der Waals surface area contributed by atoms with Gasteiger partial charge in [0.25, 0.3) is 10.2 Å². The van der Waals surface area contributed by atoms with Gasteiger partial charge in [0.1, 0.15) is 6.04 Å². The molecule has 1 saturated heterocycles. The lowest BCUT2D eigenvalue weighted by Crippen LogP contribution is -2.51. The van der Waals surface area contributed by atoms with Crippen LogP contribution in [0.3, 0.4) is 0 Å². The number of hydrogen-bond donors (Lipinski definition) is 1. The Morgan fingerprint density at radius 3 is 2.37 bits per heavy atom. The van der Waals surface area contributed by atoms with E-state index < -0.39 is 22.2 Å². The van der Waals surface area contributed by atoms with Crippen LogP contribution >= 0.6 is 0 Å². The van der Waals surface area contributed by atoms with Crippen molar-refractivity contribution in [2.45, 2.75) is 57.0 Å². The highest BCUT2D eigenvalue weighted by Gasteiger charge is 2.41. The zero-order chi connectivity index (χ0) is 14.0. The van der Waals surface area contributed by atoms with Crippen molar-refractivity contribution in [1.29, 1.82) is 0 Å². The first kappa shape index (κ1) is 14.7. The lowest BCUT2D eigenvalue weighted by atomic mass is 9.96. The highest BCUT2D eigenvalue weighted by Crippen LogP contribution is 2.28. The van der Waals surface area contributed by atoms with Crippen molar-refractivity contribution in [3.8, 4) is 0 Å². The molecule has 0 bridgehead atoms. The van der Waals surface area contributed by atoms with Gasteiger partial charge in [-0.25, -0.2) is 0 Å². The third kappa shape index (κ3) is 2.93. The Balaban J connectivity index is 2.14. The van der Waals surface area contributed by atoms with Crippen LogP contribution in [0, 0.1) is 0 Å². The lowest BCUT2D eigenvalue weighted by molar-refractivity contribution is -0.121. The fraction of sp³-hybridized carbons (Fsp3) is 0.917. The van der Waals surface area contributed by atoms with Gasteiger partial charge in [-0.2, -0.15) is 17.0 Å². The Hall–Kier alpha value is -0.660. The normalized spacial score (nSPS) is 26.9. The smallest absolute Gasteiger partial charge is 0.282 e. The van der Waals surface area contributed by atoms with Crippen molar-refractivity contribution >= 4 is 16.1 Å². The molecule has 0 radical (unpaired) electrons. The molecular weight excluding hydrogens is 266 g/mol. The zero-order valence-corrected chi connectivity index (χ0v) is 12.2. The summed E-state index contributed by atoms with van der Waals surface area (Å²) in [5.41, 5.74) is 5.30. The van der Waals surface area contributed by atoms with E-state index in [1.807, 2.05) is 0 Å². The molecule has 0 spiro atoms. The molecule has 0 aromatic heterocycles. The summed E-state index contributed by atoms with van der Waals surface area (Å²) in [4.78, 5) is 11.4. The van der Waals surface area contributed by atoms with E-state index in [0.29, 0.717) is 19.4 Å². The molecule has 2 aliphatic rings. The average Bonchev–Trinajstić information content (AvgIpc) is 2.89. The second-order valence-electron chi connectivity index (χ2n) is 5.49. The fourth-order valence-electron chi connectivity index (χ4n) is 3.10. The van der Waals surface area contributed by atoms with Crippen LogP contribution in [0.2, 0.25) is 0 Å². The maximum Gasteiger partial charge on any atom is 0.282 e. The standard InChI is InChI=1S/C12H23N3O3S/c1-14(10-6-3-2-4-7-10)19(17,18)15-9-5-8-11(15)12(13)16/h10-11H,2-9H2,1H3,(H2,13,16)/t11-/m0/s1. The zero-order valence-electron chi connectivity index (χ0n) is 11.4. The summed E-state index contributed by atoms with van der Waals surface area (Å²) in [5.74, 6) is -0.543. The van der Waals surface area contributed by atoms with Gasteiger partial charge in [-0.05, 0) is 25.7 Å². The monoisotopic (exact) mass is 289 g/mol. The van der Waals surface area contributed by atoms with Crippen LogP contribution in [-0.4, -0.2) is 48.6 Å². The topological polar surface area (TPSA) is 83.7 Å². The lowest BCUT2D eigenvalue weighted by Gasteiger charge is -2.34. The molecule has 2 fully saturated rings. The second-order valence-corrected chi connectivity index (χ2v) is 7.43. The molecule has 0 aromatic carbocycles. The molecule has 1 amide bonds. The predicted octanol–water partition coefficient (Wildman–Crippen LogP) is 0.445. The minimum absolute atomic E-state index is 0.0628. The van der Waals surface area contributed by atoms with Crippen molar-refractivity contribution in [2.24, 2.45) is 5.73 Å². The summed E-state index contributed by atoms with van der Waals surface area (Å²) >= 11 is 0. The molecule has 1 atom stereocenters. The Morgan fingerprint density at radius 2 is 1.79 bits per heavy atom. The number of rotatable bonds is 4. The molecule has 1 aliphatic carbocycles. The SMILES string of the molecule is CN(C1CCCCC1)S(=O)(=O)N1CCC[C@H]1C(N)=O. The van der Waals surface area contributed by atoms with Gasteiger partial charge in [-0.3, -0.25) is 4.79 Å². The van der Waals surface area contributed by atoms with E-state index in [-0.39, 0.29) is 6.04 Å². The summed E-state index contributed by atoms with van der Waals surface area (Å²) in [6, 6.07) is -0.607. The number of hydrogen-bond acceptors (Lipinski definition) is 3. The maximum atomic E-state index is 12.6. The number of carbonyl (C=O) groups excluding carboxylic acids is 1. The average molecular weight is 289 g/mol. The van der Waals surface area contributed by atoms with Crippen LogP contribution < -0.4 is 5.73 Å². The molecule has 6 nitrogen and oxygen atoms in total. The van der Waals surface area contributed by atoms with Gasteiger partial charge < -0.3 is 5.73 Å². The van der Waals surface area contributed by atoms with E-state index in [1.54, 1.807) is 7.05 Å². The third-order valence-electron chi connectivity index (χ3n) is 4.28. The Labute approximate surface area is 115 Å². The number of nitrogens with zero attached hydrogens (tertiary/aromatic N) is 2. The molecule has 7 heteroatoms. The number of primary amides is 1. The summed E-state index contributed by atoms with van der Waals surface area (Å²) in [6.45, 7) is 0.396. The molecule has 110 valence electrons. The summed E-state index contributed by atoms with van der Waals surface area (Å²) < 4.78 is 27.9. The Bertz CT molecular complexity index is 432. The first-order chi connectivity index (χ1) is 8.94. The van der Waals surface area contributed by atoms with E-state index in [0.717, 1.165) is 25.7 Å². The molecule has 0 unspecified atom stereocenters. The van der Waals surface area contributed by atoms with Crippen LogP contribution in [0.1, 0.15) is 44.9 Å². The second kappa shape index (κ2) is 5.76. The molecule has 2 N–H and O–H groups in total. The summed E-state index contributed by atoms with van der Waals surface area (Å²) in [6.07, 6.45) is 6.37. The molecule has 19 heavy (non-hydrogen) atoms.